The Labute approximate surface area is 222 Å². The molecule has 0 amide bonds. The third-order valence-corrected chi connectivity index (χ3v) is 7.34. The molecule has 38 heavy (non-hydrogen) atoms. The molecular weight excluding hydrogens is 469 g/mol. The van der Waals surface area contributed by atoms with Gasteiger partial charge in [-0.25, -0.2) is 4.39 Å². The third kappa shape index (κ3) is 3.70. The molecule has 0 aliphatic carbocycles. The standard InChI is InChI=1S/C32H25B2FN2O/c1-32(2,3)25-27(35)26(33)28(37-31(25)34)22-10-6-9-21-24-14-17(16-36)13-23(30(24)38-29(21)22)20-12-11-18-7-4-5-8-19(18)15-20/h4-15H,33-34H2,1-3H3. The highest BCUT2D eigenvalue weighted by molar-refractivity contribution is 6.38. The van der Waals surface area contributed by atoms with E-state index in [0.717, 1.165) is 38.2 Å². The Hall–Kier alpha value is -4.36. The minimum Gasteiger partial charge on any atom is -0.455 e. The molecule has 4 aromatic carbocycles. The summed E-state index contributed by atoms with van der Waals surface area (Å²) in [5, 5.41) is 13.8. The van der Waals surface area contributed by atoms with Gasteiger partial charge in [0.25, 0.3) is 0 Å². The van der Waals surface area contributed by atoms with Gasteiger partial charge in [-0.15, -0.1) is 0 Å². The van der Waals surface area contributed by atoms with E-state index in [1.54, 1.807) is 7.85 Å². The number of halogens is 1. The number of furan rings is 1. The summed E-state index contributed by atoms with van der Waals surface area (Å²) in [4.78, 5) is 4.89. The van der Waals surface area contributed by atoms with Crippen LogP contribution in [0.1, 0.15) is 31.9 Å². The second kappa shape index (κ2) is 8.60. The molecule has 2 aromatic heterocycles. The number of hydrogen-bond acceptors (Lipinski definition) is 3. The van der Waals surface area contributed by atoms with Gasteiger partial charge in [-0.05, 0) is 51.5 Å². The summed E-state index contributed by atoms with van der Waals surface area (Å²) < 4.78 is 22.3. The summed E-state index contributed by atoms with van der Waals surface area (Å²) >= 11 is 0. The number of fused-ring (bicyclic) bond motifs is 4. The van der Waals surface area contributed by atoms with Crippen molar-refractivity contribution < 1.29 is 8.81 Å². The van der Waals surface area contributed by atoms with Crippen LogP contribution in [-0.2, 0) is 5.41 Å². The lowest BCUT2D eigenvalue weighted by Gasteiger charge is -2.24. The van der Waals surface area contributed by atoms with Crippen molar-refractivity contribution in [3.05, 3.63) is 89.7 Å². The Bertz CT molecular complexity index is 1960. The van der Waals surface area contributed by atoms with Crippen LogP contribution in [0, 0.1) is 17.1 Å². The molecule has 6 aromatic rings. The quantitative estimate of drug-likeness (QED) is 0.308. The number of pyridine rings is 1. The van der Waals surface area contributed by atoms with Gasteiger partial charge < -0.3 is 4.42 Å². The molecule has 182 valence electrons. The summed E-state index contributed by atoms with van der Waals surface area (Å²) in [7, 11) is 3.64. The second-order valence-corrected chi connectivity index (χ2v) is 11.0. The van der Waals surface area contributed by atoms with E-state index in [9.17, 15) is 5.26 Å². The molecule has 0 unspecified atom stereocenters. The predicted molar refractivity (Wildman–Crippen MR) is 160 cm³/mol. The summed E-state index contributed by atoms with van der Waals surface area (Å²) in [5.41, 5.74) is 6.46. The maximum absolute atomic E-state index is 15.7. The van der Waals surface area contributed by atoms with Crippen LogP contribution in [0.15, 0.2) is 77.2 Å². The number of rotatable bonds is 2. The van der Waals surface area contributed by atoms with Crippen molar-refractivity contribution >= 4 is 59.5 Å². The average Bonchev–Trinajstić information content (AvgIpc) is 3.28. The number of aromatic nitrogens is 1. The average molecular weight is 494 g/mol. The third-order valence-electron chi connectivity index (χ3n) is 7.34. The molecule has 2 heterocycles. The van der Waals surface area contributed by atoms with Crippen LogP contribution in [-0.4, -0.2) is 20.7 Å². The van der Waals surface area contributed by atoms with Crippen LogP contribution in [0.4, 0.5) is 4.39 Å². The van der Waals surface area contributed by atoms with Gasteiger partial charge in [0.15, 0.2) is 7.85 Å². The molecule has 0 aliphatic rings. The molecule has 0 fully saturated rings. The topological polar surface area (TPSA) is 49.8 Å². The minimum atomic E-state index is -0.363. The Kier molecular flexibility index (Phi) is 5.43. The number of benzene rings is 4. The van der Waals surface area contributed by atoms with E-state index in [0.29, 0.717) is 39.0 Å². The zero-order valence-corrected chi connectivity index (χ0v) is 22.1. The van der Waals surface area contributed by atoms with Crippen molar-refractivity contribution in [2.75, 3.05) is 0 Å². The largest absolute Gasteiger partial charge is 0.455 e. The van der Waals surface area contributed by atoms with Gasteiger partial charge in [-0.3, -0.25) is 4.98 Å². The van der Waals surface area contributed by atoms with Gasteiger partial charge >= 0.3 is 0 Å². The fourth-order valence-corrected chi connectivity index (χ4v) is 5.61. The highest BCUT2D eigenvalue weighted by atomic mass is 19.1. The van der Waals surface area contributed by atoms with E-state index in [1.807, 2.05) is 71.1 Å². The van der Waals surface area contributed by atoms with Crippen LogP contribution < -0.4 is 11.1 Å². The number of para-hydroxylation sites is 1. The molecule has 0 saturated carbocycles. The maximum Gasteiger partial charge on any atom is 0.164 e. The lowest BCUT2D eigenvalue weighted by molar-refractivity contribution is 0.529. The normalized spacial score (nSPS) is 11.9. The zero-order chi connectivity index (χ0) is 26.8. The molecule has 0 atom stereocenters. The first-order valence-electron chi connectivity index (χ1n) is 12.7. The monoisotopic (exact) mass is 494 g/mol. The summed E-state index contributed by atoms with van der Waals surface area (Å²) in [6.07, 6.45) is 0. The molecule has 0 bridgehead atoms. The van der Waals surface area contributed by atoms with Gasteiger partial charge in [0, 0.05) is 33.1 Å². The first-order chi connectivity index (χ1) is 18.2. The summed E-state index contributed by atoms with van der Waals surface area (Å²) in [6.45, 7) is 6.00. The highest BCUT2D eigenvalue weighted by Gasteiger charge is 2.26. The maximum atomic E-state index is 15.7. The van der Waals surface area contributed by atoms with E-state index in [-0.39, 0.29) is 11.2 Å². The molecular formula is C32H25B2FN2O. The van der Waals surface area contributed by atoms with Crippen LogP contribution in [0.3, 0.4) is 0 Å². The fraction of sp³-hybridized carbons (Fsp3) is 0.125. The van der Waals surface area contributed by atoms with Crippen molar-refractivity contribution in [1.82, 2.24) is 4.98 Å². The summed E-state index contributed by atoms with van der Waals surface area (Å²) in [5.74, 6) is -0.225. The van der Waals surface area contributed by atoms with Gasteiger partial charge in [0.1, 0.15) is 24.8 Å². The number of nitriles is 1. The molecule has 6 rings (SSSR count). The van der Waals surface area contributed by atoms with E-state index >= 15 is 4.39 Å². The first kappa shape index (κ1) is 24.0. The van der Waals surface area contributed by atoms with Gasteiger partial charge in [-0.2, -0.15) is 5.26 Å². The van der Waals surface area contributed by atoms with E-state index in [4.69, 9.17) is 9.40 Å². The molecule has 6 heteroatoms. The SMILES string of the molecule is Bc1nc(-c2cccc3c2oc2c(-c4ccc5ccccc5c4)cc(C#N)cc23)c(B)c(F)c1C(C)(C)C. The van der Waals surface area contributed by atoms with E-state index < -0.39 is 0 Å². The number of hydrogen-bond donors (Lipinski definition) is 0. The molecule has 0 radical (unpaired) electrons. The van der Waals surface area contributed by atoms with Crippen LogP contribution in [0.5, 0.6) is 0 Å². The minimum absolute atomic E-state index is 0.225. The van der Waals surface area contributed by atoms with E-state index in [1.165, 1.54) is 0 Å². The molecule has 3 nitrogen and oxygen atoms in total. The highest BCUT2D eigenvalue weighted by Crippen LogP contribution is 2.40. The van der Waals surface area contributed by atoms with Crippen molar-refractivity contribution in [1.29, 1.82) is 5.26 Å². The smallest absolute Gasteiger partial charge is 0.164 e. The Balaban J connectivity index is 1.65. The first-order valence-corrected chi connectivity index (χ1v) is 12.7. The van der Waals surface area contributed by atoms with Crippen molar-refractivity contribution in [3.63, 3.8) is 0 Å². The van der Waals surface area contributed by atoms with Gasteiger partial charge in [0.05, 0.1) is 17.3 Å². The Morgan fingerprint density at radius 3 is 2.32 bits per heavy atom. The van der Waals surface area contributed by atoms with Crippen molar-refractivity contribution in [2.45, 2.75) is 26.2 Å². The lowest BCUT2D eigenvalue weighted by Crippen LogP contribution is -2.34. The second-order valence-electron chi connectivity index (χ2n) is 11.0. The molecule has 0 N–H and O–H groups in total. The lowest BCUT2D eigenvalue weighted by atomic mass is 9.76. The van der Waals surface area contributed by atoms with Crippen molar-refractivity contribution in [2.24, 2.45) is 0 Å². The molecule has 0 spiro atoms. The van der Waals surface area contributed by atoms with Crippen LogP contribution in [0.2, 0.25) is 0 Å². The number of nitrogens with zero attached hydrogens (tertiary/aromatic N) is 2. The zero-order valence-electron chi connectivity index (χ0n) is 22.1. The Morgan fingerprint density at radius 2 is 1.58 bits per heavy atom. The van der Waals surface area contributed by atoms with Crippen LogP contribution >= 0.6 is 0 Å². The molecule has 0 aliphatic heterocycles. The summed E-state index contributed by atoms with van der Waals surface area (Å²) in [6, 6.07) is 26.3. The Morgan fingerprint density at radius 1 is 0.842 bits per heavy atom. The van der Waals surface area contributed by atoms with Crippen molar-refractivity contribution in [3.8, 4) is 28.5 Å². The predicted octanol–water partition coefficient (Wildman–Crippen LogP) is 5.29. The van der Waals surface area contributed by atoms with E-state index in [2.05, 4.69) is 36.4 Å². The van der Waals surface area contributed by atoms with Gasteiger partial charge in [0.2, 0.25) is 0 Å². The molecule has 0 saturated heterocycles. The van der Waals surface area contributed by atoms with Crippen LogP contribution in [0.25, 0.3) is 55.1 Å². The fourth-order valence-electron chi connectivity index (χ4n) is 5.61. The van der Waals surface area contributed by atoms with Gasteiger partial charge in [-0.1, -0.05) is 69.3 Å².